The van der Waals surface area contributed by atoms with Gasteiger partial charge in [-0.25, -0.2) is 0 Å². The molecule has 0 radical (unpaired) electrons. The first-order chi connectivity index (χ1) is 12.1. The molecule has 1 aromatic heterocycles. The van der Waals surface area contributed by atoms with Crippen molar-refractivity contribution in [1.29, 1.82) is 0 Å². The SMILES string of the molecule is Cc1ccc2c([Se]C(F)(F)F)c(I)n(S(=O)(=O)Cc3ccccc3)c2c1. The van der Waals surface area contributed by atoms with Gasteiger partial charge in [0, 0.05) is 0 Å². The molecular formula is C17H13F3INO2SSe. The number of aryl methyl sites for hydroxylation is 1. The first-order valence-corrected chi connectivity index (χ1v) is 11.8. The van der Waals surface area contributed by atoms with E-state index < -0.39 is 30.1 Å². The number of nitrogens with zero attached hydrogens (tertiary/aromatic N) is 1. The van der Waals surface area contributed by atoms with Gasteiger partial charge >= 0.3 is 170 Å². The molecule has 26 heavy (non-hydrogen) atoms. The van der Waals surface area contributed by atoms with E-state index in [4.69, 9.17) is 0 Å². The first kappa shape index (κ1) is 19.7. The van der Waals surface area contributed by atoms with Crippen LogP contribution in [-0.2, 0) is 15.8 Å². The van der Waals surface area contributed by atoms with Gasteiger partial charge in [0.1, 0.15) is 0 Å². The minimum absolute atomic E-state index is 0.0530. The average Bonchev–Trinajstić information content (AvgIpc) is 2.78. The minimum atomic E-state index is -4.36. The third kappa shape index (κ3) is 4.10. The quantitative estimate of drug-likeness (QED) is 0.362. The van der Waals surface area contributed by atoms with E-state index >= 15 is 0 Å². The second-order valence-electron chi connectivity index (χ2n) is 5.69. The topological polar surface area (TPSA) is 39.1 Å². The van der Waals surface area contributed by atoms with E-state index in [2.05, 4.69) is 0 Å². The van der Waals surface area contributed by atoms with Crippen LogP contribution in [-0.4, -0.2) is 32.4 Å². The second kappa shape index (κ2) is 7.18. The molecule has 0 aliphatic carbocycles. The molecule has 0 atom stereocenters. The van der Waals surface area contributed by atoms with Crippen molar-refractivity contribution in [3.8, 4) is 0 Å². The normalized spacial score (nSPS) is 12.7. The molecular weight excluding hydrogens is 545 g/mol. The summed E-state index contributed by atoms with van der Waals surface area (Å²) in [5.41, 5.74) is 1.67. The van der Waals surface area contributed by atoms with Gasteiger partial charge in [0.25, 0.3) is 0 Å². The van der Waals surface area contributed by atoms with Crippen LogP contribution >= 0.6 is 22.6 Å². The summed E-state index contributed by atoms with van der Waals surface area (Å²) in [5, 5.41) is -4.02. The van der Waals surface area contributed by atoms with E-state index in [1.807, 2.05) is 0 Å². The van der Waals surface area contributed by atoms with Crippen LogP contribution in [0.5, 0.6) is 0 Å². The predicted octanol–water partition coefficient (Wildman–Crippen LogP) is 3.78. The fraction of sp³-hybridized carbons (Fsp3) is 0.176. The van der Waals surface area contributed by atoms with Gasteiger partial charge in [-0.15, -0.1) is 0 Å². The maximum absolute atomic E-state index is 13.0. The molecule has 3 nitrogen and oxygen atoms in total. The molecule has 0 amide bonds. The molecule has 0 saturated carbocycles. The Labute approximate surface area is 168 Å². The Morgan fingerprint density at radius 3 is 2.38 bits per heavy atom. The van der Waals surface area contributed by atoms with Gasteiger partial charge in [-0.3, -0.25) is 0 Å². The number of hydrogen-bond donors (Lipinski definition) is 0. The van der Waals surface area contributed by atoms with Gasteiger partial charge < -0.3 is 0 Å². The average molecular weight is 558 g/mol. The standard InChI is InChI=1S/C17H13F3INO2SSe/c1-11-7-8-13-14(9-11)22(16(21)15(13)26-17(18,19)20)25(23,24)10-12-5-3-2-4-6-12/h2-9H,10H2,1H3. The van der Waals surface area contributed by atoms with Crippen molar-refractivity contribution in [3.63, 3.8) is 0 Å². The number of alkyl halides is 3. The van der Waals surface area contributed by atoms with Crippen LogP contribution in [0.15, 0.2) is 48.5 Å². The van der Waals surface area contributed by atoms with Gasteiger partial charge in [0.15, 0.2) is 0 Å². The first-order valence-electron chi connectivity index (χ1n) is 7.42. The molecule has 138 valence electrons. The van der Waals surface area contributed by atoms with E-state index in [9.17, 15) is 21.6 Å². The van der Waals surface area contributed by atoms with Crippen molar-refractivity contribution in [2.45, 2.75) is 17.8 Å². The Bertz CT molecular complexity index is 1060. The molecule has 0 fully saturated rings. The number of hydrogen-bond acceptors (Lipinski definition) is 2. The van der Waals surface area contributed by atoms with E-state index in [0.717, 1.165) is 9.54 Å². The predicted molar refractivity (Wildman–Crippen MR) is 105 cm³/mol. The van der Waals surface area contributed by atoms with Crippen LogP contribution < -0.4 is 4.46 Å². The third-order valence-electron chi connectivity index (χ3n) is 3.67. The summed E-state index contributed by atoms with van der Waals surface area (Å²) in [5.74, 6) is -0.278. The third-order valence-corrected chi connectivity index (χ3v) is 9.26. The fourth-order valence-electron chi connectivity index (χ4n) is 2.64. The molecule has 3 rings (SSSR count). The summed E-state index contributed by atoms with van der Waals surface area (Å²) in [6.07, 6.45) is 0. The maximum atomic E-state index is 13.0. The van der Waals surface area contributed by atoms with Crippen molar-refractivity contribution in [2.75, 3.05) is 0 Å². The Hall–Kier alpha value is -1.03. The van der Waals surface area contributed by atoms with Crippen LogP contribution in [0, 0.1) is 10.6 Å². The van der Waals surface area contributed by atoms with Crippen LogP contribution in [0.4, 0.5) is 13.2 Å². The van der Waals surface area contributed by atoms with Gasteiger partial charge in [-0.1, -0.05) is 0 Å². The molecule has 0 aliphatic rings. The molecule has 0 bridgehead atoms. The molecule has 0 saturated heterocycles. The zero-order chi connectivity index (χ0) is 19.1. The van der Waals surface area contributed by atoms with E-state index in [0.29, 0.717) is 16.5 Å². The molecule has 9 heteroatoms. The van der Waals surface area contributed by atoms with Gasteiger partial charge in [0.2, 0.25) is 0 Å². The summed E-state index contributed by atoms with van der Waals surface area (Å²) in [6.45, 7) is 1.78. The van der Waals surface area contributed by atoms with E-state index in [1.165, 1.54) is 0 Å². The van der Waals surface area contributed by atoms with E-state index in [1.54, 1.807) is 78.0 Å². The number of benzene rings is 2. The van der Waals surface area contributed by atoms with Gasteiger partial charge in [-0.05, 0) is 0 Å². The molecule has 3 aromatic rings. The van der Waals surface area contributed by atoms with Crippen molar-refractivity contribution in [2.24, 2.45) is 0 Å². The van der Waals surface area contributed by atoms with E-state index in [-0.39, 0.29) is 13.9 Å². The summed E-state index contributed by atoms with van der Waals surface area (Å²) < 4.78 is 66.4. The number of aromatic nitrogens is 1. The Morgan fingerprint density at radius 2 is 1.77 bits per heavy atom. The van der Waals surface area contributed by atoms with Gasteiger partial charge in [-0.2, -0.15) is 0 Å². The number of fused-ring (bicyclic) bond motifs is 1. The molecule has 0 aliphatic heterocycles. The summed E-state index contributed by atoms with van der Waals surface area (Å²) in [7, 11) is -3.87. The Kier molecular flexibility index (Phi) is 5.45. The second-order valence-corrected chi connectivity index (χ2v) is 10.8. The van der Waals surface area contributed by atoms with Crippen molar-refractivity contribution in [3.05, 3.63) is 63.4 Å². The molecule has 0 spiro atoms. The van der Waals surface area contributed by atoms with Crippen LogP contribution in [0.1, 0.15) is 11.1 Å². The fourth-order valence-corrected chi connectivity index (χ4v) is 7.77. The van der Waals surface area contributed by atoms with Gasteiger partial charge in [0.05, 0.1) is 0 Å². The molecule has 0 N–H and O–H groups in total. The number of halogens is 4. The Morgan fingerprint density at radius 1 is 1.12 bits per heavy atom. The van der Waals surface area contributed by atoms with Crippen molar-refractivity contribution >= 4 is 62.9 Å². The Balaban J connectivity index is 2.22. The van der Waals surface area contributed by atoms with Crippen LogP contribution in [0.25, 0.3) is 10.9 Å². The van der Waals surface area contributed by atoms with Crippen molar-refractivity contribution < 1.29 is 21.6 Å². The zero-order valence-electron chi connectivity index (χ0n) is 13.4. The van der Waals surface area contributed by atoms with Crippen LogP contribution in [0.3, 0.4) is 0 Å². The molecule has 2 aromatic carbocycles. The van der Waals surface area contributed by atoms with Crippen LogP contribution in [0.2, 0.25) is 0 Å². The van der Waals surface area contributed by atoms with Crippen molar-refractivity contribution in [1.82, 2.24) is 3.97 Å². The monoisotopic (exact) mass is 559 g/mol. The number of rotatable bonds is 4. The zero-order valence-corrected chi connectivity index (χ0v) is 18.1. The molecule has 0 unspecified atom stereocenters. The summed E-state index contributed by atoms with van der Waals surface area (Å²) >= 11 is -0.116. The summed E-state index contributed by atoms with van der Waals surface area (Å²) in [6, 6.07) is 13.5. The summed E-state index contributed by atoms with van der Waals surface area (Å²) in [4.78, 5) is 0. The molecule has 1 heterocycles.